The van der Waals surface area contributed by atoms with E-state index in [0.29, 0.717) is 17.1 Å². The van der Waals surface area contributed by atoms with Gasteiger partial charge in [-0.3, -0.25) is 14.5 Å². The lowest BCUT2D eigenvalue weighted by atomic mass is 10.1. The smallest absolute Gasteiger partial charge is 0.242 e. The van der Waals surface area contributed by atoms with E-state index in [-0.39, 0.29) is 5.91 Å². The zero-order chi connectivity index (χ0) is 20.4. The van der Waals surface area contributed by atoms with Crippen LogP contribution in [0, 0.1) is 4.77 Å². The first-order valence-electron chi connectivity index (χ1n) is 9.66. The van der Waals surface area contributed by atoms with Crippen LogP contribution in [-0.2, 0) is 17.6 Å². The predicted molar refractivity (Wildman–Crippen MR) is 120 cm³/mol. The Kier molecular flexibility index (Phi) is 5.64. The number of H-pyrrole nitrogens is 2. The Morgan fingerprint density at radius 1 is 1.31 bits per heavy atom. The molecule has 0 radical (unpaired) electrons. The second-order valence-electron chi connectivity index (χ2n) is 6.92. The van der Waals surface area contributed by atoms with Crippen molar-refractivity contribution < 1.29 is 4.79 Å². The van der Waals surface area contributed by atoms with Crippen molar-refractivity contribution in [1.29, 1.82) is 0 Å². The summed E-state index contributed by atoms with van der Waals surface area (Å²) in [5.41, 5.74) is 3.71. The first-order chi connectivity index (χ1) is 14.1. The first kappa shape index (κ1) is 19.6. The first-order valence-corrected chi connectivity index (χ1v) is 10.9. The summed E-state index contributed by atoms with van der Waals surface area (Å²) in [5.74, 6) is 0.616. The SMILES string of the molecule is CCc1cccc2c(CCNC(=O)C(C)n3c(-c4cccs4)n[nH]c3=S)c[nH]c12. The van der Waals surface area contributed by atoms with Crippen LogP contribution in [0.3, 0.4) is 0 Å². The Hall–Kier alpha value is -2.71. The number of rotatable bonds is 7. The number of hydrogen-bond donors (Lipinski definition) is 3. The molecule has 0 saturated carbocycles. The lowest BCUT2D eigenvalue weighted by Gasteiger charge is -2.15. The van der Waals surface area contributed by atoms with Gasteiger partial charge < -0.3 is 10.3 Å². The molecule has 0 aliphatic heterocycles. The second kappa shape index (κ2) is 8.34. The molecule has 0 aliphatic rings. The standard InChI is InChI=1S/C21H23N5OS2/c1-3-14-6-4-7-16-15(12-23-18(14)16)9-10-22-20(27)13(2)26-19(24-25-21(26)28)17-8-5-11-29-17/h4-8,11-13,23H,3,9-10H2,1-2H3,(H,22,27)(H,25,28). The van der Waals surface area contributed by atoms with Gasteiger partial charge in [0.2, 0.25) is 5.91 Å². The summed E-state index contributed by atoms with van der Waals surface area (Å²) >= 11 is 6.93. The van der Waals surface area contributed by atoms with E-state index in [2.05, 4.69) is 45.6 Å². The molecule has 0 fully saturated rings. The Balaban J connectivity index is 1.45. The van der Waals surface area contributed by atoms with E-state index in [9.17, 15) is 4.79 Å². The second-order valence-corrected chi connectivity index (χ2v) is 8.26. The van der Waals surface area contributed by atoms with Gasteiger partial charge in [0.15, 0.2) is 10.6 Å². The molecule has 4 rings (SSSR count). The lowest BCUT2D eigenvalue weighted by Crippen LogP contribution is -2.32. The van der Waals surface area contributed by atoms with Gasteiger partial charge in [0.25, 0.3) is 0 Å². The molecular weight excluding hydrogens is 402 g/mol. The van der Waals surface area contributed by atoms with Crippen LogP contribution in [0.15, 0.2) is 41.9 Å². The van der Waals surface area contributed by atoms with E-state index in [1.165, 1.54) is 22.0 Å². The van der Waals surface area contributed by atoms with Gasteiger partial charge in [-0.2, -0.15) is 5.10 Å². The Morgan fingerprint density at radius 3 is 2.93 bits per heavy atom. The highest BCUT2D eigenvalue weighted by atomic mass is 32.1. The molecule has 0 bridgehead atoms. The third-order valence-electron chi connectivity index (χ3n) is 5.17. The fourth-order valence-electron chi connectivity index (χ4n) is 3.61. The molecule has 1 aromatic carbocycles. The van der Waals surface area contributed by atoms with Crippen LogP contribution in [0.5, 0.6) is 0 Å². The van der Waals surface area contributed by atoms with E-state index in [4.69, 9.17) is 12.2 Å². The van der Waals surface area contributed by atoms with Crippen LogP contribution < -0.4 is 5.32 Å². The highest BCUT2D eigenvalue weighted by molar-refractivity contribution is 7.71. The maximum atomic E-state index is 12.8. The molecule has 3 aromatic heterocycles. The molecule has 0 saturated heterocycles. The van der Waals surface area contributed by atoms with Crippen molar-refractivity contribution >= 4 is 40.4 Å². The van der Waals surface area contributed by atoms with Gasteiger partial charge in [-0.05, 0) is 54.6 Å². The monoisotopic (exact) mass is 425 g/mol. The summed E-state index contributed by atoms with van der Waals surface area (Å²) in [6.45, 7) is 4.56. The number of thiophene rings is 1. The summed E-state index contributed by atoms with van der Waals surface area (Å²) in [5, 5.41) is 13.4. The number of benzene rings is 1. The molecule has 29 heavy (non-hydrogen) atoms. The third kappa shape index (κ3) is 3.77. The number of para-hydroxylation sites is 1. The highest BCUT2D eigenvalue weighted by Gasteiger charge is 2.21. The molecule has 0 aliphatic carbocycles. The number of nitrogens with zero attached hydrogens (tertiary/aromatic N) is 2. The zero-order valence-corrected chi connectivity index (χ0v) is 18.0. The normalized spacial score (nSPS) is 12.3. The fraction of sp³-hybridized carbons (Fsp3) is 0.286. The minimum atomic E-state index is -0.451. The van der Waals surface area contributed by atoms with Gasteiger partial charge in [-0.15, -0.1) is 11.3 Å². The average molecular weight is 426 g/mol. The molecule has 150 valence electrons. The molecule has 8 heteroatoms. The van der Waals surface area contributed by atoms with Crippen LogP contribution >= 0.6 is 23.6 Å². The summed E-state index contributed by atoms with van der Waals surface area (Å²) in [4.78, 5) is 17.1. The topological polar surface area (TPSA) is 78.5 Å². The van der Waals surface area contributed by atoms with Gasteiger partial charge in [-0.25, -0.2) is 0 Å². The van der Waals surface area contributed by atoms with Crippen molar-refractivity contribution in [2.45, 2.75) is 32.7 Å². The minimum Gasteiger partial charge on any atom is -0.361 e. The molecule has 3 heterocycles. The third-order valence-corrected chi connectivity index (χ3v) is 6.33. The maximum absolute atomic E-state index is 12.8. The Morgan fingerprint density at radius 2 is 2.17 bits per heavy atom. The number of aryl methyl sites for hydroxylation is 1. The maximum Gasteiger partial charge on any atom is 0.242 e. The Labute approximate surface area is 178 Å². The van der Waals surface area contributed by atoms with Crippen LogP contribution in [0.1, 0.15) is 31.0 Å². The van der Waals surface area contributed by atoms with Gasteiger partial charge in [0.1, 0.15) is 6.04 Å². The Bertz CT molecular complexity index is 1190. The summed E-state index contributed by atoms with van der Waals surface area (Å²) in [6.07, 6.45) is 3.80. The van der Waals surface area contributed by atoms with Gasteiger partial charge >= 0.3 is 0 Å². The van der Waals surface area contributed by atoms with Crippen LogP contribution in [0.4, 0.5) is 0 Å². The van der Waals surface area contributed by atoms with Crippen molar-refractivity contribution in [3.8, 4) is 10.7 Å². The number of fused-ring (bicyclic) bond motifs is 1. The van der Waals surface area contributed by atoms with Crippen molar-refractivity contribution in [2.24, 2.45) is 0 Å². The highest BCUT2D eigenvalue weighted by Crippen LogP contribution is 2.26. The number of hydrogen-bond acceptors (Lipinski definition) is 4. The van der Waals surface area contributed by atoms with Gasteiger partial charge in [-0.1, -0.05) is 31.2 Å². The van der Waals surface area contributed by atoms with Crippen molar-refractivity contribution in [1.82, 2.24) is 25.1 Å². The minimum absolute atomic E-state index is 0.0746. The average Bonchev–Trinajstić information content (AvgIpc) is 3.47. The number of nitrogens with one attached hydrogen (secondary N) is 3. The molecule has 6 nitrogen and oxygen atoms in total. The largest absolute Gasteiger partial charge is 0.361 e. The van der Waals surface area contributed by atoms with Gasteiger partial charge in [0, 0.05) is 23.6 Å². The molecule has 1 unspecified atom stereocenters. The number of amides is 1. The van der Waals surface area contributed by atoms with Crippen molar-refractivity contribution in [2.75, 3.05) is 6.54 Å². The summed E-state index contributed by atoms with van der Waals surface area (Å²) < 4.78 is 2.22. The van der Waals surface area contributed by atoms with Crippen molar-refractivity contribution in [3.05, 3.63) is 57.8 Å². The number of carbonyl (C=O) groups excluding carboxylic acids is 1. The zero-order valence-electron chi connectivity index (χ0n) is 16.4. The fourth-order valence-corrected chi connectivity index (χ4v) is 4.61. The van der Waals surface area contributed by atoms with E-state index < -0.39 is 6.04 Å². The quantitative estimate of drug-likeness (QED) is 0.378. The van der Waals surface area contributed by atoms with Crippen LogP contribution in [-0.4, -0.2) is 32.2 Å². The van der Waals surface area contributed by atoms with Crippen LogP contribution in [0.2, 0.25) is 0 Å². The summed E-state index contributed by atoms with van der Waals surface area (Å²) in [6, 6.07) is 9.84. The number of carbonyl (C=O) groups is 1. The van der Waals surface area contributed by atoms with Gasteiger partial charge in [0.05, 0.1) is 4.88 Å². The number of aromatic nitrogens is 4. The molecule has 4 aromatic rings. The number of aromatic amines is 2. The molecule has 1 atom stereocenters. The van der Waals surface area contributed by atoms with E-state index in [1.807, 2.05) is 30.6 Å². The summed E-state index contributed by atoms with van der Waals surface area (Å²) in [7, 11) is 0. The van der Waals surface area contributed by atoms with Crippen LogP contribution in [0.25, 0.3) is 21.6 Å². The molecule has 3 N–H and O–H groups in total. The van der Waals surface area contributed by atoms with Crippen molar-refractivity contribution in [3.63, 3.8) is 0 Å². The molecule has 0 spiro atoms. The molecular formula is C21H23N5OS2. The predicted octanol–water partition coefficient (Wildman–Crippen LogP) is 4.63. The van der Waals surface area contributed by atoms with E-state index in [0.717, 1.165) is 17.7 Å². The van der Waals surface area contributed by atoms with E-state index in [1.54, 1.807) is 15.9 Å². The van der Waals surface area contributed by atoms with E-state index >= 15 is 0 Å². The molecule has 1 amide bonds. The lowest BCUT2D eigenvalue weighted by molar-refractivity contribution is -0.123.